The number of aryl methyl sites for hydroxylation is 1. The number of halogens is 1. The summed E-state index contributed by atoms with van der Waals surface area (Å²) in [7, 11) is 0. The number of aromatic amines is 1. The summed E-state index contributed by atoms with van der Waals surface area (Å²) < 4.78 is 18.6. The maximum atomic E-state index is 13.3. The van der Waals surface area contributed by atoms with Gasteiger partial charge in [0.05, 0.1) is 24.3 Å². The Morgan fingerprint density at radius 2 is 2.10 bits per heavy atom. The van der Waals surface area contributed by atoms with Crippen LogP contribution in [0.1, 0.15) is 32.6 Å². The van der Waals surface area contributed by atoms with Crippen LogP contribution in [0.5, 0.6) is 0 Å². The first-order valence-electron chi connectivity index (χ1n) is 9.47. The van der Waals surface area contributed by atoms with E-state index in [9.17, 15) is 14.0 Å². The van der Waals surface area contributed by atoms with Gasteiger partial charge in [0.2, 0.25) is 5.91 Å². The van der Waals surface area contributed by atoms with Crippen LogP contribution in [-0.4, -0.2) is 34.2 Å². The second kappa shape index (κ2) is 8.71. The molecule has 1 unspecified atom stereocenters. The van der Waals surface area contributed by atoms with E-state index in [0.29, 0.717) is 17.7 Å². The Morgan fingerprint density at radius 1 is 1.30 bits per heavy atom. The Labute approximate surface area is 177 Å². The molecule has 2 aromatic carbocycles. The van der Waals surface area contributed by atoms with E-state index < -0.39 is 5.97 Å². The highest BCUT2D eigenvalue weighted by Gasteiger charge is 2.35. The van der Waals surface area contributed by atoms with Crippen LogP contribution in [-0.2, 0) is 16.0 Å². The maximum absolute atomic E-state index is 13.3. The molecular formula is C22H20FN3O3S. The SMILES string of the molecule is Cc1cc(C(=O)OCCc2cnc[nH]2)ccc1N1C(=O)CSC1c1ccc(F)cc1. The van der Waals surface area contributed by atoms with Gasteiger partial charge in [-0.3, -0.25) is 9.69 Å². The number of carbonyl (C=O) groups is 2. The number of esters is 1. The summed E-state index contributed by atoms with van der Waals surface area (Å²) in [4.78, 5) is 33.5. The molecule has 1 amide bonds. The van der Waals surface area contributed by atoms with Gasteiger partial charge in [0.25, 0.3) is 0 Å². The largest absolute Gasteiger partial charge is 0.462 e. The van der Waals surface area contributed by atoms with Crippen molar-refractivity contribution in [3.63, 3.8) is 0 Å². The molecule has 1 fully saturated rings. The Morgan fingerprint density at radius 3 is 2.80 bits per heavy atom. The molecule has 0 spiro atoms. The van der Waals surface area contributed by atoms with Crippen LogP contribution in [0.2, 0.25) is 0 Å². The van der Waals surface area contributed by atoms with Crippen LogP contribution in [0, 0.1) is 12.7 Å². The van der Waals surface area contributed by atoms with Gasteiger partial charge in [0.15, 0.2) is 0 Å². The fourth-order valence-electron chi connectivity index (χ4n) is 3.37. The van der Waals surface area contributed by atoms with Crippen molar-refractivity contribution in [1.82, 2.24) is 9.97 Å². The monoisotopic (exact) mass is 425 g/mol. The van der Waals surface area contributed by atoms with E-state index in [-0.39, 0.29) is 23.7 Å². The summed E-state index contributed by atoms with van der Waals surface area (Å²) in [6.07, 6.45) is 3.83. The van der Waals surface area contributed by atoms with E-state index in [4.69, 9.17) is 4.74 Å². The summed E-state index contributed by atoms with van der Waals surface area (Å²) in [6.45, 7) is 2.10. The lowest BCUT2D eigenvalue weighted by molar-refractivity contribution is -0.115. The van der Waals surface area contributed by atoms with E-state index >= 15 is 0 Å². The molecule has 1 aliphatic rings. The Bertz CT molecular complexity index is 1050. The van der Waals surface area contributed by atoms with Crippen LogP contribution < -0.4 is 4.90 Å². The minimum Gasteiger partial charge on any atom is -0.462 e. The molecule has 30 heavy (non-hydrogen) atoms. The van der Waals surface area contributed by atoms with Crippen molar-refractivity contribution in [2.75, 3.05) is 17.3 Å². The molecule has 1 N–H and O–H groups in total. The van der Waals surface area contributed by atoms with Crippen LogP contribution in [0.15, 0.2) is 55.0 Å². The van der Waals surface area contributed by atoms with Gasteiger partial charge in [-0.1, -0.05) is 12.1 Å². The molecular weight excluding hydrogens is 405 g/mol. The number of nitrogens with zero attached hydrogens (tertiary/aromatic N) is 2. The number of hydrogen-bond acceptors (Lipinski definition) is 5. The molecule has 1 saturated heterocycles. The summed E-state index contributed by atoms with van der Waals surface area (Å²) in [6, 6.07) is 11.3. The van der Waals surface area contributed by atoms with Crippen molar-refractivity contribution in [2.24, 2.45) is 0 Å². The highest BCUT2D eigenvalue weighted by Crippen LogP contribution is 2.42. The standard InChI is InChI=1S/C22H20FN3O3S/c1-14-10-16(22(28)29-9-8-18-11-24-13-25-18)4-7-19(14)26-20(27)12-30-21(26)15-2-5-17(23)6-3-15/h2-7,10-11,13,21H,8-9,12H2,1H3,(H,24,25). The van der Waals surface area contributed by atoms with Crippen molar-refractivity contribution < 1.29 is 18.7 Å². The second-order valence-corrected chi connectivity index (χ2v) is 8.01. The van der Waals surface area contributed by atoms with Crippen molar-refractivity contribution in [2.45, 2.75) is 18.7 Å². The number of thioether (sulfide) groups is 1. The van der Waals surface area contributed by atoms with E-state index in [1.807, 2.05) is 6.92 Å². The number of nitrogens with one attached hydrogen (secondary N) is 1. The zero-order chi connectivity index (χ0) is 21.1. The van der Waals surface area contributed by atoms with Gasteiger partial charge in [-0.05, 0) is 48.4 Å². The molecule has 1 atom stereocenters. The third-order valence-electron chi connectivity index (χ3n) is 4.87. The normalized spacial score (nSPS) is 16.1. The van der Waals surface area contributed by atoms with Gasteiger partial charge in [-0.15, -0.1) is 11.8 Å². The van der Waals surface area contributed by atoms with E-state index in [1.54, 1.807) is 47.8 Å². The molecule has 0 bridgehead atoms. The molecule has 154 valence electrons. The fraction of sp³-hybridized carbons (Fsp3) is 0.227. The Balaban J connectivity index is 1.49. The predicted molar refractivity (Wildman–Crippen MR) is 113 cm³/mol. The molecule has 0 aliphatic carbocycles. The topological polar surface area (TPSA) is 75.3 Å². The van der Waals surface area contributed by atoms with Crippen molar-refractivity contribution in [3.8, 4) is 0 Å². The van der Waals surface area contributed by atoms with Gasteiger partial charge in [0, 0.05) is 24.0 Å². The van der Waals surface area contributed by atoms with E-state index in [0.717, 1.165) is 22.5 Å². The molecule has 0 saturated carbocycles. The maximum Gasteiger partial charge on any atom is 0.338 e. The Hall–Kier alpha value is -3.13. The van der Waals surface area contributed by atoms with Crippen LogP contribution in [0.4, 0.5) is 10.1 Å². The number of benzene rings is 2. The third-order valence-corrected chi connectivity index (χ3v) is 6.09. The number of imidazole rings is 1. The Kier molecular flexibility index (Phi) is 5.85. The average molecular weight is 425 g/mol. The summed E-state index contributed by atoms with van der Waals surface area (Å²) in [5, 5.41) is -0.232. The zero-order valence-electron chi connectivity index (χ0n) is 16.3. The second-order valence-electron chi connectivity index (χ2n) is 6.94. The summed E-state index contributed by atoms with van der Waals surface area (Å²) in [5.74, 6) is -0.404. The molecule has 2 heterocycles. The number of carbonyl (C=O) groups excluding carboxylic acids is 2. The van der Waals surface area contributed by atoms with Gasteiger partial charge in [-0.2, -0.15) is 0 Å². The minimum atomic E-state index is -0.415. The number of ether oxygens (including phenoxy) is 1. The molecule has 8 heteroatoms. The molecule has 1 aliphatic heterocycles. The predicted octanol–water partition coefficient (Wildman–Crippen LogP) is 4.04. The highest BCUT2D eigenvalue weighted by molar-refractivity contribution is 8.00. The van der Waals surface area contributed by atoms with Gasteiger partial charge in [-0.25, -0.2) is 14.2 Å². The molecule has 6 nitrogen and oxygen atoms in total. The third kappa shape index (κ3) is 4.23. The van der Waals surface area contributed by atoms with Crippen LogP contribution in [0.3, 0.4) is 0 Å². The number of amides is 1. The molecule has 0 radical (unpaired) electrons. The number of anilines is 1. The first-order valence-corrected chi connectivity index (χ1v) is 10.5. The van der Waals surface area contributed by atoms with Crippen LogP contribution >= 0.6 is 11.8 Å². The average Bonchev–Trinajstić information content (AvgIpc) is 3.38. The van der Waals surface area contributed by atoms with Gasteiger partial charge in [0.1, 0.15) is 11.2 Å². The smallest absolute Gasteiger partial charge is 0.338 e. The zero-order valence-corrected chi connectivity index (χ0v) is 17.1. The van der Waals surface area contributed by atoms with E-state index in [1.165, 1.54) is 23.9 Å². The van der Waals surface area contributed by atoms with Gasteiger partial charge < -0.3 is 9.72 Å². The lowest BCUT2D eigenvalue weighted by Crippen LogP contribution is -2.28. The molecule has 4 rings (SSSR count). The molecule has 1 aromatic heterocycles. The number of aromatic nitrogens is 2. The summed E-state index contributed by atoms with van der Waals surface area (Å²) >= 11 is 1.50. The summed E-state index contributed by atoms with van der Waals surface area (Å²) in [5.41, 5.74) is 3.70. The quantitative estimate of drug-likeness (QED) is 0.604. The highest BCUT2D eigenvalue weighted by atomic mass is 32.2. The van der Waals surface area contributed by atoms with Crippen molar-refractivity contribution >= 4 is 29.3 Å². The first kappa shape index (κ1) is 20.2. The number of rotatable bonds is 6. The molecule has 3 aromatic rings. The van der Waals surface area contributed by atoms with Gasteiger partial charge >= 0.3 is 5.97 Å². The lowest BCUT2D eigenvalue weighted by atomic mass is 10.1. The first-order chi connectivity index (χ1) is 14.5. The minimum absolute atomic E-state index is 0.0210. The number of hydrogen-bond donors (Lipinski definition) is 1. The van der Waals surface area contributed by atoms with Crippen molar-refractivity contribution in [3.05, 3.63) is 83.2 Å². The van der Waals surface area contributed by atoms with Crippen molar-refractivity contribution in [1.29, 1.82) is 0 Å². The lowest BCUT2D eigenvalue weighted by Gasteiger charge is -2.26. The fourth-order valence-corrected chi connectivity index (χ4v) is 4.54. The van der Waals surface area contributed by atoms with Crippen LogP contribution in [0.25, 0.3) is 0 Å². The number of H-pyrrole nitrogens is 1. The van der Waals surface area contributed by atoms with E-state index in [2.05, 4.69) is 9.97 Å².